The topological polar surface area (TPSA) is 29.5 Å². The zero-order valence-corrected chi connectivity index (χ0v) is 11.5. The summed E-state index contributed by atoms with van der Waals surface area (Å²) in [5.41, 5.74) is 0.136. The number of halogens is 1. The highest BCUT2D eigenvalue weighted by molar-refractivity contribution is 9.10. The number of esters is 1. The van der Waals surface area contributed by atoms with Crippen molar-refractivity contribution in [3.8, 4) is 0 Å². The van der Waals surface area contributed by atoms with Gasteiger partial charge in [0, 0.05) is 4.47 Å². The molecule has 4 heteroatoms. The number of ether oxygens (including phenoxy) is 1. The summed E-state index contributed by atoms with van der Waals surface area (Å²) in [7, 11) is 5.12. The Morgan fingerprint density at radius 3 is 2.50 bits per heavy atom. The Morgan fingerprint density at radius 1 is 1.44 bits per heavy atom. The van der Waals surface area contributed by atoms with Crippen LogP contribution in [0, 0.1) is 0 Å². The third kappa shape index (κ3) is 2.28. The number of nitrogens with zero attached hydrogens (tertiary/aromatic N) is 1. The maximum absolute atomic E-state index is 11.9. The van der Waals surface area contributed by atoms with Gasteiger partial charge in [-0.05, 0) is 38.7 Å². The van der Waals surface area contributed by atoms with Crippen molar-refractivity contribution in [3.63, 3.8) is 0 Å². The molecule has 16 heavy (non-hydrogen) atoms. The summed E-state index contributed by atoms with van der Waals surface area (Å²) >= 11 is 3.40. The smallest absolute Gasteiger partial charge is 0.330 e. The Morgan fingerprint density at radius 2 is 2.06 bits per heavy atom. The fraction of sp³-hybridized carbons (Fsp3) is 0.417. The SMILES string of the molecule is COC(=O)C(C)(c1cccc(Br)c1)N(C)C. The van der Waals surface area contributed by atoms with E-state index in [1.165, 1.54) is 7.11 Å². The number of likely N-dealkylation sites (N-methyl/N-ethyl adjacent to an activating group) is 1. The van der Waals surface area contributed by atoms with E-state index in [0.717, 1.165) is 10.0 Å². The lowest BCUT2D eigenvalue weighted by atomic mass is 9.91. The van der Waals surface area contributed by atoms with Gasteiger partial charge < -0.3 is 4.74 Å². The average Bonchev–Trinajstić information content (AvgIpc) is 2.26. The lowest BCUT2D eigenvalue weighted by Gasteiger charge is -2.34. The first-order chi connectivity index (χ1) is 7.42. The molecule has 1 rings (SSSR count). The molecule has 1 unspecified atom stereocenters. The molecule has 0 heterocycles. The minimum Gasteiger partial charge on any atom is -0.467 e. The van der Waals surface area contributed by atoms with Crippen molar-refractivity contribution in [2.24, 2.45) is 0 Å². The van der Waals surface area contributed by atoms with E-state index < -0.39 is 5.54 Å². The summed E-state index contributed by atoms with van der Waals surface area (Å²) < 4.78 is 5.82. The van der Waals surface area contributed by atoms with E-state index in [2.05, 4.69) is 15.9 Å². The molecule has 0 radical (unpaired) electrons. The fourth-order valence-electron chi connectivity index (χ4n) is 1.55. The first-order valence-corrected chi connectivity index (χ1v) is 5.74. The fourth-order valence-corrected chi connectivity index (χ4v) is 1.95. The molecule has 0 saturated carbocycles. The first-order valence-electron chi connectivity index (χ1n) is 4.94. The standard InChI is InChI=1S/C12H16BrNO2/c1-12(14(2)3,11(15)16-4)9-6-5-7-10(13)8-9/h5-8H,1-4H3. The molecule has 0 aliphatic carbocycles. The number of carbonyl (C=O) groups is 1. The van der Waals surface area contributed by atoms with Gasteiger partial charge in [-0.25, -0.2) is 4.79 Å². The van der Waals surface area contributed by atoms with Gasteiger partial charge in [-0.1, -0.05) is 28.1 Å². The van der Waals surface area contributed by atoms with Gasteiger partial charge in [0.15, 0.2) is 0 Å². The molecule has 0 amide bonds. The number of hydrogen-bond acceptors (Lipinski definition) is 3. The molecule has 0 N–H and O–H groups in total. The number of carbonyl (C=O) groups excluding carboxylic acids is 1. The van der Waals surface area contributed by atoms with E-state index in [-0.39, 0.29) is 5.97 Å². The number of methoxy groups -OCH3 is 1. The van der Waals surface area contributed by atoms with Crippen molar-refractivity contribution >= 4 is 21.9 Å². The van der Waals surface area contributed by atoms with Gasteiger partial charge in [-0.15, -0.1) is 0 Å². The van der Waals surface area contributed by atoms with Crippen LogP contribution in [0.15, 0.2) is 28.7 Å². The van der Waals surface area contributed by atoms with E-state index >= 15 is 0 Å². The van der Waals surface area contributed by atoms with Gasteiger partial charge in [0.05, 0.1) is 7.11 Å². The van der Waals surface area contributed by atoms with Crippen LogP contribution in [0.5, 0.6) is 0 Å². The van der Waals surface area contributed by atoms with E-state index in [1.54, 1.807) is 0 Å². The summed E-state index contributed by atoms with van der Waals surface area (Å²) in [5.74, 6) is -0.268. The van der Waals surface area contributed by atoms with Crippen LogP contribution in [0.2, 0.25) is 0 Å². The Kier molecular flexibility index (Phi) is 4.10. The Bertz CT molecular complexity index is 392. The third-order valence-corrected chi connectivity index (χ3v) is 3.36. The monoisotopic (exact) mass is 285 g/mol. The normalized spacial score (nSPS) is 14.6. The van der Waals surface area contributed by atoms with Gasteiger partial charge in [-0.2, -0.15) is 0 Å². The Balaban J connectivity index is 3.27. The van der Waals surface area contributed by atoms with Crippen LogP contribution in [-0.2, 0) is 15.1 Å². The molecule has 0 bridgehead atoms. The molecule has 0 aliphatic rings. The predicted octanol–water partition coefficient (Wildman–Crippen LogP) is 2.40. The summed E-state index contributed by atoms with van der Waals surface area (Å²) in [6.45, 7) is 1.85. The maximum atomic E-state index is 11.9. The van der Waals surface area contributed by atoms with Crippen LogP contribution in [-0.4, -0.2) is 32.1 Å². The van der Waals surface area contributed by atoms with Gasteiger partial charge in [0.1, 0.15) is 5.54 Å². The van der Waals surface area contributed by atoms with Gasteiger partial charge >= 0.3 is 5.97 Å². The largest absolute Gasteiger partial charge is 0.467 e. The zero-order chi connectivity index (χ0) is 12.3. The summed E-state index contributed by atoms with van der Waals surface area (Å²) in [6, 6.07) is 7.68. The van der Waals surface area contributed by atoms with Crippen LogP contribution in [0.1, 0.15) is 12.5 Å². The van der Waals surface area contributed by atoms with Crippen molar-refractivity contribution in [2.45, 2.75) is 12.5 Å². The van der Waals surface area contributed by atoms with Crippen LogP contribution in [0.25, 0.3) is 0 Å². The van der Waals surface area contributed by atoms with Crippen molar-refractivity contribution in [2.75, 3.05) is 21.2 Å². The molecule has 0 aromatic heterocycles. The molecule has 1 atom stereocenters. The van der Waals surface area contributed by atoms with Crippen LogP contribution < -0.4 is 0 Å². The van der Waals surface area contributed by atoms with Crippen molar-refractivity contribution in [1.82, 2.24) is 4.90 Å². The molecule has 0 aliphatic heterocycles. The highest BCUT2D eigenvalue weighted by Gasteiger charge is 2.38. The summed E-state index contributed by atoms with van der Waals surface area (Å²) in [6.07, 6.45) is 0. The molecular formula is C12H16BrNO2. The maximum Gasteiger partial charge on any atom is 0.330 e. The molecule has 88 valence electrons. The lowest BCUT2D eigenvalue weighted by Crippen LogP contribution is -2.46. The van der Waals surface area contributed by atoms with Crippen molar-refractivity contribution < 1.29 is 9.53 Å². The van der Waals surface area contributed by atoms with Crippen molar-refractivity contribution in [3.05, 3.63) is 34.3 Å². The molecule has 1 aromatic rings. The summed E-state index contributed by atoms with van der Waals surface area (Å²) in [4.78, 5) is 13.8. The second kappa shape index (κ2) is 4.97. The Labute approximate surface area is 105 Å². The van der Waals surface area contributed by atoms with Gasteiger partial charge in [0.2, 0.25) is 0 Å². The first kappa shape index (κ1) is 13.2. The average molecular weight is 286 g/mol. The van der Waals surface area contributed by atoms with Crippen molar-refractivity contribution in [1.29, 1.82) is 0 Å². The minimum atomic E-state index is -0.765. The summed E-state index contributed by atoms with van der Waals surface area (Å²) in [5, 5.41) is 0. The second-order valence-corrected chi connectivity index (χ2v) is 4.88. The van der Waals surface area contributed by atoms with Crippen LogP contribution in [0.4, 0.5) is 0 Å². The van der Waals surface area contributed by atoms with Crippen LogP contribution >= 0.6 is 15.9 Å². The third-order valence-electron chi connectivity index (χ3n) is 2.86. The van der Waals surface area contributed by atoms with Gasteiger partial charge in [-0.3, -0.25) is 4.90 Å². The molecule has 1 aromatic carbocycles. The quantitative estimate of drug-likeness (QED) is 0.799. The number of benzene rings is 1. The van der Waals surface area contributed by atoms with E-state index in [0.29, 0.717) is 0 Å². The highest BCUT2D eigenvalue weighted by atomic mass is 79.9. The molecular weight excluding hydrogens is 270 g/mol. The predicted molar refractivity (Wildman–Crippen MR) is 67.2 cm³/mol. The minimum absolute atomic E-state index is 0.268. The molecule has 0 saturated heterocycles. The second-order valence-electron chi connectivity index (χ2n) is 3.97. The van der Waals surface area contributed by atoms with Gasteiger partial charge in [0.25, 0.3) is 0 Å². The molecule has 3 nitrogen and oxygen atoms in total. The van der Waals surface area contributed by atoms with E-state index in [1.807, 2.05) is 50.2 Å². The number of rotatable bonds is 3. The number of hydrogen-bond donors (Lipinski definition) is 0. The zero-order valence-electron chi connectivity index (χ0n) is 9.95. The van der Waals surface area contributed by atoms with Crippen LogP contribution in [0.3, 0.4) is 0 Å². The highest BCUT2D eigenvalue weighted by Crippen LogP contribution is 2.29. The Hall–Kier alpha value is -0.870. The van der Waals surface area contributed by atoms with E-state index in [4.69, 9.17) is 4.74 Å². The lowest BCUT2D eigenvalue weighted by molar-refractivity contribution is -0.153. The van der Waals surface area contributed by atoms with E-state index in [9.17, 15) is 4.79 Å². The molecule has 0 spiro atoms. The molecule has 0 fully saturated rings.